The van der Waals surface area contributed by atoms with Crippen molar-refractivity contribution in [2.24, 2.45) is 35.5 Å². The molecule has 0 radical (unpaired) electrons. The van der Waals surface area contributed by atoms with Crippen LogP contribution >= 0.6 is 0 Å². The summed E-state index contributed by atoms with van der Waals surface area (Å²) in [6.45, 7) is 0. The summed E-state index contributed by atoms with van der Waals surface area (Å²) in [5, 5.41) is 0. The van der Waals surface area contributed by atoms with Crippen LogP contribution in [0.1, 0.15) is 110 Å². The zero-order valence-corrected chi connectivity index (χ0v) is 26.8. The Morgan fingerprint density at radius 3 is 0.667 bits per heavy atom. The maximum absolute atomic E-state index is 2.84. The number of fused-ring (bicyclic) bond motifs is 6. The van der Waals surface area contributed by atoms with Crippen LogP contribution < -0.4 is 0 Å². The number of hydrogen-bond acceptors (Lipinski definition) is 0. The molecular weight excluding hydrogens is 540 g/mol. The summed E-state index contributed by atoms with van der Waals surface area (Å²) >= 11 is 0. The van der Waals surface area contributed by atoms with Gasteiger partial charge >= 0.3 is 0 Å². The molecule has 0 N–H and O–H groups in total. The predicted molar refractivity (Wildman–Crippen MR) is 184 cm³/mol. The van der Waals surface area contributed by atoms with E-state index in [0.717, 1.165) is 35.5 Å². The van der Waals surface area contributed by atoms with Gasteiger partial charge in [-0.15, -0.1) is 0 Å². The Kier molecular flexibility index (Phi) is 5.97. The van der Waals surface area contributed by atoms with Gasteiger partial charge in [-0.3, -0.25) is 0 Å². The van der Waals surface area contributed by atoms with Crippen molar-refractivity contribution in [3.05, 3.63) is 143 Å². The Labute approximate surface area is 270 Å². The molecule has 4 aromatic carbocycles. The van der Waals surface area contributed by atoms with Crippen LogP contribution in [-0.4, -0.2) is 0 Å². The highest BCUT2D eigenvalue weighted by atomic mass is 14.6. The van der Waals surface area contributed by atoms with Crippen LogP contribution in [0.2, 0.25) is 0 Å². The van der Waals surface area contributed by atoms with Crippen molar-refractivity contribution < 1.29 is 0 Å². The second kappa shape index (κ2) is 9.94. The lowest BCUT2D eigenvalue weighted by atomic mass is 9.60. The van der Waals surface area contributed by atoms with Gasteiger partial charge in [-0.05, 0) is 146 Å². The van der Waals surface area contributed by atoms with E-state index >= 15 is 0 Å². The molecule has 6 saturated carbocycles. The molecule has 0 spiro atoms. The predicted octanol–water partition coefficient (Wildman–Crippen LogP) is 11.0. The molecule has 45 heavy (non-hydrogen) atoms. The molecule has 0 saturated heterocycles. The molecular formula is C45H48. The van der Waals surface area contributed by atoms with E-state index in [0.29, 0.717) is 0 Å². The average molecular weight is 589 g/mol. The third-order valence-electron chi connectivity index (χ3n) is 15.2. The minimum absolute atomic E-state index is 0.150. The fourth-order valence-corrected chi connectivity index (χ4v) is 13.8. The van der Waals surface area contributed by atoms with Crippen molar-refractivity contribution in [3.8, 4) is 0 Å². The van der Waals surface area contributed by atoms with Crippen LogP contribution in [0.15, 0.2) is 109 Å². The van der Waals surface area contributed by atoms with E-state index in [-0.39, 0.29) is 16.2 Å². The van der Waals surface area contributed by atoms with Gasteiger partial charge in [0.2, 0.25) is 0 Å². The minimum atomic E-state index is 0.150. The monoisotopic (exact) mass is 588 g/mol. The van der Waals surface area contributed by atoms with Crippen LogP contribution in [0.4, 0.5) is 0 Å². The first-order valence-electron chi connectivity index (χ1n) is 18.6. The van der Waals surface area contributed by atoms with Crippen LogP contribution in [-0.2, 0) is 16.2 Å². The molecule has 0 amide bonds. The van der Waals surface area contributed by atoms with Crippen molar-refractivity contribution in [1.29, 1.82) is 0 Å². The van der Waals surface area contributed by atoms with Gasteiger partial charge in [0.15, 0.2) is 0 Å². The van der Waals surface area contributed by atoms with Gasteiger partial charge in [-0.1, -0.05) is 109 Å². The molecule has 6 aliphatic rings. The lowest BCUT2D eigenvalue weighted by Crippen LogP contribution is -2.39. The average Bonchev–Trinajstić information content (AvgIpc) is 3.98. The van der Waals surface area contributed by atoms with Gasteiger partial charge in [-0.25, -0.2) is 0 Å². The molecule has 228 valence electrons. The van der Waals surface area contributed by atoms with E-state index in [1.165, 1.54) is 77.0 Å². The molecule has 0 heteroatoms. The zero-order chi connectivity index (χ0) is 29.6. The van der Waals surface area contributed by atoms with Crippen molar-refractivity contribution in [2.75, 3.05) is 0 Å². The molecule has 0 unspecified atom stereocenters. The molecule has 10 rings (SSSR count). The molecule has 0 atom stereocenters. The highest BCUT2D eigenvalue weighted by Crippen LogP contribution is 2.68. The first kappa shape index (κ1) is 27.0. The molecule has 0 aromatic heterocycles. The molecule has 6 bridgehead atoms. The summed E-state index contributed by atoms with van der Waals surface area (Å²) in [4.78, 5) is 0. The highest BCUT2D eigenvalue weighted by molar-refractivity contribution is 5.56. The highest BCUT2D eigenvalue weighted by Gasteiger charge is 2.61. The Morgan fingerprint density at radius 2 is 0.467 bits per heavy atom. The smallest absolute Gasteiger partial charge is 0.0259 e. The second-order valence-electron chi connectivity index (χ2n) is 16.1. The third kappa shape index (κ3) is 3.40. The van der Waals surface area contributed by atoms with Gasteiger partial charge in [-0.2, -0.15) is 0 Å². The van der Waals surface area contributed by atoms with Gasteiger partial charge in [0.1, 0.15) is 0 Å². The topological polar surface area (TPSA) is 0 Å². The fourth-order valence-electron chi connectivity index (χ4n) is 13.8. The van der Waals surface area contributed by atoms with Crippen molar-refractivity contribution in [1.82, 2.24) is 0 Å². The van der Waals surface area contributed by atoms with Gasteiger partial charge in [0.05, 0.1) is 0 Å². The van der Waals surface area contributed by atoms with E-state index in [2.05, 4.69) is 109 Å². The lowest BCUT2D eigenvalue weighted by molar-refractivity contribution is 0.363. The van der Waals surface area contributed by atoms with Crippen LogP contribution in [0, 0.1) is 35.5 Å². The zero-order valence-electron chi connectivity index (χ0n) is 26.8. The Bertz CT molecular complexity index is 1420. The Morgan fingerprint density at radius 1 is 0.267 bits per heavy atom. The van der Waals surface area contributed by atoms with Gasteiger partial charge < -0.3 is 0 Å². The number of rotatable bonds is 6. The summed E-state index contributed by atoms with van der Waals surface area (Å²) in [5.41, 5.74) is 10.3. The molecule has 4 aromatic rings. The van der Waals surface area contributed by atoms with Crippen molar-refractivity contribution in [2.45, 2.75) is 93.3 Å². The quantitative estimate of drug-likeness (QED) is 0.210. The van der Waals surface area contributed by atoms with Crippen LogP contribution in [0.25, 0.3) is 0 Å². The van der Waals surface area contributed by atoms with E-state index in [1.807, 2.05) is 0 Å². The molecule has 6 aliphatic carbocycles. The van der Waals surface area contributed by atoms with E-state index in [1.54, 1.807) is 33.4 Å². The second-order valence-corrected chi connectivity index (χ2v) is 16.1. The maximum atomic E-state index is 2.84. The normalized spacial score (nSPS) is 39.2. The van der Waals surface area contributed by atoms with Crippen molar-refractivity contribution >= 4 is 0 Å². The summed E-state index contributed by atoms with van der Waals surface area (Å²) < 4.78 is 0. The first-order valence-corrected chi connectivity index (χ1v) is 18.6. The van der Waals surface area contributed by atoms with E-state index in [9.17, 15) is 0 Å². The standard InChI is InChI=1S/C45H48/c1-4-10-31(11-5-1)43(34-16-17-35(43)19-18-34)40-28-41(44(32-12-6-2-7-13-32)36-20-21-37(44)23-22-36)30-42(29-40)45(33-14-8-3-9-15-33)38-24-25-39(45)27-26-38/h1-15,28-30,34-39H,16-27H2. The van der Waals surface area contributed by atoms with Crippen LogP contribution in [0.5, 0.6) is 0 Å². The fraction of sp³-hybridized carbons (Fsp3) is 0.467. The summed E-state index contributed by atoms with van der Waals surface area (Å²) in [5.74, 6) is 4.55. The largest absolute Gasteiger partial charge is 0.0622 e. The summed E-state index contributed by atoms with van der Waals surface area (Å²) in [7, 11) is 0. The SMILES string of the molecule is c1ccc(C2(c3cc(C4(c5ccccc5)C5CCC4CC5)cc(C4(c5ccccc5)C5CCC4CC5)c3)C3CCC2CC3)cc1. The Hall–Kier alpha value is -3.12. The first-order chi connectivity index (χ1) is 22.3. The molecule has 0 heterocycles. The molecule has 6 fully saturated rings. The number of benzene rings is 4. The molecule has 0 aliphatic heterocycles. The summed E-state index contributed by atoms with van der Waals surface area (Å²) in [6.07, 6.45) is 16.7. The van der Waals surface area contributed by atoms with Crippen LogP contribution in [0.3, 0.4) is 0 Å². The van der Waals surface area contributed by atoms with E-state index in [4.69, 9.17) is 0 Å². The minimum Gasteiger partial charge on any atom is -0.0622 e. The maximum Gasteiger partial charge on any atom is 0.0259 e. The van der Waals surface area contributed by atoms with Crippen molar-refractivity contribution in [3.63, 3.8) is 0 Å². The molecule has 0 nitrogen and oxygen atoms in total. The summed E-state index contributed by atoms with van der Waals surface area (Å²) in [6, 6.07) is 44.2. The third-order valence-corrected chi connectivity index (χ3v) is 15.2. The van der Waals surface area contributed by atoms with Gasteiger partial charge in [0.25, 0.3) is 0 Å². The Balaban J connectivity index is 1.30. The van der Waals surface area contributed by atoms with E-state index < -0.39 is 0 Å². The van der Waals surface area contributed by atoms with Gasteiger partial charge in [0, 0.05) is 16.2 Å². The number of hydrogen-bond donors (Lipinski definition) is 0. The lowest BCUT2D eigenvalue weighted by Gasteiger charge is -2.43.